The van der Waals surface area contributed by atoms with Crippen molar-refractivity contribution in [2.75, 3.05) is 43.5 Å². The standard InChI is InChI=1S/C26H25N9O2/c1-16-9-17(3-4-21(16)37-19-5-6-35-23(10-19)28-15-30-35)31-25-24-20(27-14-29-25)11-22-26(32-24)34-8-7-33(2)12-18(34)13-36-22/h3-6,9-11,14-15,18H,7-8,12-13H2,1-2H3,(H,27,29,31). The Morgan fingerprint density at radius 3 is 2.92 bits per heavy atom. The van der Waals surface area contributed by atoms with Crippen molar-refractivity contribution in [3.05, 3.63) is 60.8 Å². The van der Waals surface area contributed by atoms with Gasteiger partial charge in [-0.05, 0) is 43.8 Å². The lowest BCUT2D eigenvalue weighted by Gasteiger charge is -2.43. The van der Waals surface area contributed by atoms with Gasteiger partial charge in [-0.25, -0.2) is 24.5 Å². The van der Waals surface area contributed by atoms with E-state index in [1.807, 2.05) is 49.5 Å². The third-order valence-corrected chi connectivity index (χ3v) is 6.86. The SMILES string of the molecule is Cc1cc(Nc2ncnc3cc4c(nc23)N2CCN(C)CC2CO4)ccc1Oc1ccn2ncnc2c1. The molecule has 4 aromatic heterocycles. The Kier molecular flexibility index (Phi) is 5.03. The first-order valence-corrected chi connectivity index (χ1v) is 12.2. The van der Waals surface area contributed by atoms with Gasteiger partial charge >= 0.3 is 0 Å². The van der Waals surface area contributed by atoms with Crippen molar-refractivity contribution in [2.45, 2.75) is 13.0 Å². The second-order valence-corrected chi connectivity index (χ2v) is 9.45. The molecule has 0 bridgehead atoms. The van der Waals surface area contributed by atoms with Crippen molar-refractivity contribution >= 4 is 34.0 Å². The number of likely N-dealkylation sites (N-methyl/N-ethyl adjacent to an activating group) is 1. The van der Waals surface area contributed by atoms with E-state index in [0.717, 1.165) is 59.4 Å². The molecular weight excluding hydrogens is 470 g/mol. The molecule has 1 saturated heterocycles. The van der Waals surface area contributed by atoms with Crippen LogP contribution in [-0.2, 0) is 0 Å². The Morgan fingerprint density at radius 2 is 2.00 bits per heavy atom. The van der Waals surface area contributed by atoms with Crippen molar-refractivity contribution in [1.82, 2.24) is 34.4 Å². The summed E-state index contributed by atoms with van der Waals surface area (Å²) in [5.74, 6) is 3.74. The van der Waals surface area contributed by atoms with E-state index in [1.54, 1.807) is 10.8 Å². The molecule has 6 heterocycles. The molecule has 1 atom stereocenters. The molecule has 0 saturated carbocycles. The van der Waals surface area contributed by atoms with Gasteiger partial charge in [-0.2, -0.15) is 5.10 Å². The van der Waals surface area contributed by atoms with Crippen LogP contribution in [0.2, 0.25) is 0 Å². The summed E-state index contributed by atoms with van der Waals surface area (Å²) < 4.78 is 13.9. The lowest BCUT2D eigenvalue weighted by atomic mass is 10.1. The zero-order chi connectivity index (χ0) is 24.9. The Labute approximate surface area is 212 Å². The van der Waals surface area contributed by atoms with Crippen molar-refractivity contribution in [3.8, 4) is 17.2 Å². The van der Waals surface area contributed by atoms with E-state index >= 15 is 0 Å². The minimum atomic E-state index is 0.290. The van der Waals surface area contributed by atoms with Gasteiger partial charge in [0, 0.05) is 43.7 Å². The zero-order valence-electron chi connectivity index (χ0n) is 20.5. The molecule has 37 heavy (non-hydrogen) atoms. The van der Waals surface area contributed by atoms with Gasteiger partial charge in [-0.15, -0.1) is 0 Å². The monoisotopic (exact) mass is 495 g/mol. The highest BCUT2D eigenvalue weighted by Crippen LogP contribution is 2.37. The van der Waals surface area contributed by atoms with Crippen LogP contribution in [0, 0.1) is 6.92 Å². The molecule has 0 aliphatic carbocycles. The predicted octanol–water partition coefficient (Wildman–Crippen LogP) is 3.42. The molecule has 2 aliphatic rings. The molecule has 1 aromatic carbocycles. The number of fused-ring (bicyclic) bond motifs is 5. The third kappa shape index (κ3) is 3.93. The van der Waals surface area contributed by atoms with E-state index in [-0.39, 0.29) is 6.04 Å². The third-order valence-electron chi connectivity index (χ3n) is 6.86. The van der Waals surface area contributed by atoms with Gasteiger partial charge in [0.25, 0.3) is 0 Å². The molecule has 0 radical (unpaired) electrons. The maximum atomic E-state index is 6.11. The van der Waals surface area contributed by atoms with Crippen LogP contribution in [0.1, 0.15) is 5.56 Å². The number of rotatable bonds is 4. The minimum absolute atomic E-state index is 0.290. The molecule has 5 aromatic rings. The number of benzene rings is 1. The summed E-state index contributed by atoms with van der Waals surface area (Å²) in [7, 11) is 2.14. The number of hydrogen-bond acceptors (Lipinski definition) is 10. The fourth-order valence-electron chi connectivity index (χ4n) is 4.94. The molecule has 2 aliphatic heterocycles. The first kappa shape index (κ1) is 21.7. The average molecular weight is 496 g/mol. The Balaban J connectivity index is 1.17. The summed E-state index contributed by atoms with van der Waals surface area (Å²) in [4.78, 5) is 22.8. The molecule has 0 amide bonds. The average Bonchev–Trinajstić information content (AvgIpc) is 3.37. The first-order chi connectivity index (χ1) is 18.1. The molecule has 1 fully saturated rings. The van der Waals surface area contributed by atoms with E-state index in [9.17, 15) is 0 Å². The Bertz CT molecular complexity index is 1640. The highest BCUT2D eigenvalue weighted by molar-refractivity contribution is 5.90. The molecule has 11 heteroatoms. The highest BCUT2D eigenvalue weighted by atomic mass is 16.5. The van der Waals surface area contributed by atoms with Crippen molar-refractivity contribution in [2.24, 2.45) is 0 Å². The first-order valence-electron chi connectivity index (χ1n) is 12.2. The minimum Gasteiger partial charge on any atom is -0.487 e. The summed E-state index contributed by atoms with van der Waals surface area (Å²) in [5.41, 5.74) is 4.04. The van der Waals surface area contributed by atoms with E-state index in [4.69, 9.17) is 14.5 Å². The summed E-state index contributed by atoms with van der Waals surface area (Å²) in [5, 5.41) is 7.55. The largest absolute Gasteiger partial charge is 0.487 e. The highest BCUT2D eigenvalue weighted by Gasteiger charge is 2.33. The molecule has 11 nitrogen and oxygen atoms in total. The molecular formula is C26H25N9O2. The number of ether oxygens (including phenoxy) is 2. The summed E-state index contributed by atoms with van der Waals surface area (Å²) in [6.07, 6.45) is 4.89. The van der Waals surface area contributed by atoms with Crippen LogP contribution >= 0.6 is 0 Å². The lowest BCUT2D eigenvalue weighted by Crippen LogP contribution is -2.56. The topological polar surface area (TPSA) is 106 Å². The van der Waals surface area contributed by atoms with Crippen LogP contribution in [0.25, 0.3) is 16.7 Å². The fourth-order valence-corrected chi connectivity index (χ4v) is 4.94. The van der Waals surface area contributed by atoms with Gasteiger partial charge in [0.15, 0.2) is 23.0 Å². The van der Waals surface area contributed by atoms with Crippen molar-refractivity contribution in [1.29, 1.82) is 0 Å². The number of aromatic nitrogens is 6. The number of aryl methyl sites for hydroxylation is 1. The number of piperazine rings is 1. The van der Waals surface area contributed by atoms with Crippen LogP contribution in [0.5, 0.6) is 17.2 Å². The van der Waals surface area contributed by atoms with Gasteiger partial charge in [-0.1, -0.05) is 0 Å². The second kappa shape index (κ2) is 8.56. The Morgan fingerprint density at radius 1 is 1.05 bits per heavy atom. The summed E-state index contributed by atoms with van der Waals surface area (Å²) in [6.45, 7) is 5.52. The number of nitrogens with zero attached hydrogens (tertiary/aromatic N) is 8. The molecule has 1 N–H and O–H groups in total. The number of pyridine rings is 2. The molecule has 1 unspecified atom stereocenters. The maximum absolute atomic E-state index is 6.11. The van der Waals surface area contributed by atoms with Gasteiger partial charge in [0.1, 0.15) is 36.3 Å². The van der Waals surface area contributed by atoms with Gasteiger partial charge in [-0.3, -0.25) is 0 Å². The fraction of sp³-hybridized carbons (Fsp3) is 0.269. The lowest BCUT2D eigenvalue weighted by molar-refractivity contribution is 0.187. The van der Waals surface area contributed by atoms with E-state index in [1.165, 1.54) is 6.33 Å². The van der Waals surface area contributed by atoms with Crippen LogP contribution in [0.3, 0.4) is 0 Å². The smallest absolute Gasteiger partial charge is 0.172 e. The number of anilines is 3. The van der Waals surface area contributed by atoms with Gasteiger partial charge in [0.2, 0.25) is 0 Å². The predicted molar refractivity (Wildman–Crippen MR) is 139 cm³/mol. The number of hydrogen-bond donors (Lipinski definition) is 1. The molecule has 7 rings (SSSR count). The van der Waals surface area contributed by atoms with Crippen LogP contribution < -0.4 is 19.7 Å². The summed E-state index contributed by atoms with van der Waals surface area (Å²) >= 11 is 0. The van der Waals surface area contributed by atoms with E-state index in [0.29, 0.717) is 23.7 Å². The Hall–Kier alpha value is -4.51. The van der Waals surface area contributed by atoms with Crippen molar-refractivity contribution in [3.63, 3.8) is 0 Å². The van der Waals surface area contributed by atoms with Gasteiger partial charge < -0.3 is 24.6 Å². The molecule has 186 valence electrons. The van der Waals surface area contributed by atoms with Crippen LogP contribution in [0.15, 0.2) is 55.2 Å². The van der Waals surface area contributed by atoms with E-state index in [2.05, 4.69) is 42.2 Å². The quantitative estimate of drug-likeness (QED) is 0.399. The summed E-state index contributed by atoms with van der Waals surface area (Å²) in [6, 6.07) is 11.9. The zero-order valence-corrected chi connectivity index (χ0v) is 20.5. The second-order valence-electron chi connectivity index (χ2n) is 9.45. The van der Waals surface area contributed by atoms with Gasteiger partial charge in [0.05, 0.1) is 11.6 Å². The van der Waals surface area contributed by atoms with E-state index < -0.39 is 0 Å². The number of nitrogens with one attached hydrogen (secondary N) is 1. The maximum Gasteiger partial charge on any atom is 0.172 e. The normalized spacial score (nSPS) is 17.4. The van der Waals surface area contributed by atoms with Crippen LogP contribution in [-0.4, -0.2) is 73.8 Å². The molecule has 0 spiro atoms. The van der Waals surface area contributed by atoms with Crippen molar-refractivity contribution < 1.29 is 9.47 Å². The van der Waals surface area contributed by atoms with Crippen LogP contribution in [0.4, 0.5) is 17.3 Å².